The number of carbonyl (C=O) groups is 2. The lowest BCUT2D eigenvalue weighted by molar-refractivity contribution is -0.143. The molecule has 3 rings (SSSR count). The van der Waals surface area contributed by atoms with Gasteiger partial charge in [-0.2, -0.15) is 26.3 Å². The molecule has 1 heterocycles. The molecular formula is C27H30F6N2O6. The van der Waals surface area contributed by atoms with Gasteiger partial charge in [0.25, 0.3) is 0 Å². The van der Waals surface area contributed by atoms with Crippen molar-refractivity contribution in [1.82, 2.24) is 4.90 Å². The van der Waals surface area contributed by atoms with Crippen LogP contribution in [0.2, 0.25) is 0 Å². The number of hydrogen-bond donors (Lipinski definition) is 1. The maximum atomic E-state index is 13.5. The van der Waals surface area contributed by atoms with Crippen LogP contribution in [0, 0.1) is 0 Å². The number of halogens is 6. The Hall–Kier alpha value is -3.68. The van der Waals surface area contributed by atoms with Crippen LogP contribution in [0.1, 0.15) is 54.1 Å². The molecule has 0 saturated heterocycles. The second kappa shape index (κ2) is 12.5. The molecule has 226 valence electrons. The highest BCUT2D eigenvalue weighted by Crippen LogP contribution is 2.45. The fraction of sp³-hybridized carbons (Fsp3) is 0.481. The fourth-order valence-electron chi connectivity index (χ4n) is 4.89. The van der Waals surface area contributed by atoms with Gasteiger partial charge in [-0.05, 0) is 68.1 Å². The van der Waals surface area contributed by atoms with Gasteiger partial charge in [-0.1, -0.05) is 0 Å². The predicted molar refractivity (Wildman–Crippen MR) is 134 cm³/mol. The van der Waals surface area contributed by atoms with Crippen LogP contribution in [0.5, 0.6) is 5.75 Å². The van der Waals surface area contributed by atoms with E-state index >= 15 is 0 Å². The number of aliphatic hydroxyl groups excluding tert-OH is 1. The van der Waals surface area contributed by atoms with Crippen molar-refractivity contribution in [3.8, 4) is 5.75 Å². The quantitative estimate of drug-likeness (QED) is 0.378. The molecule has 2 amide bonds. The van der Waals surface area contributed by atoms with E-state index in [1.54, 1.807) is 19.9 Å². The van der Waals surface area contributed by atoms with E-state index in [4.69, 9.17) is 14.2 Å². The Morgan fingerprint density at radius 2 is 1.63 bits per heavy atom. The zero-order valence-electron chi connectivity index (χ0n) is 22.7. The number of carbonyl (C=O) groups excluding carboxylic acids is 2. The standard InChI is InChI=1S/C27H30F6N2O6/c1-5-41-25(38)35-15(2)8-21(20-13-23(39-3)17(6-7-36)11-22(20)35)34(24(37)40-4)14-16-9-18(26(28,29)30)12-19(10-16)27(31,32)33/h9-13,15,21,36H,5-8,14H2,1-4H3/t15-,21+/m0/s1. The molecule has 1 N–H and O–H groups in total. The third-order valence-corrected chi connectivity index (χ3v) is 6.68. The minimum absolute atomic E-state index is 0.00867. The van der Waals surface area contributed by atoms with E-state index in [-0.39, 0.29) is 37.8 Å². The first-order chi connectivity index (χ1) is 19.2. The summed E-state index contributed by atoms with van der Waals surface area (Å²) in [5.74, 6) is 0.296. The molecule has 0 unspecified atom stereocenters. The Morgan fingerprint density at radius 3 is 2.12 bits per heavy atom. The van der Waals surface area contributed by atoms with Crippen molar-refractivity contribution < 1.29 is 55.2 Å². The smallest absolute Gasteiger partial charge is 0.416 e. The molecule has 0 radical (unpaired) electrons. The number of methoxy groups -OCH3 is 2. The maximum absolute atomic E-state index is 13.5. The summed E-state index contributed by atoms with van der Waals surface area (Å²) in [6, 6.07) is 2.62. The molecule has 0 bridgehead atoms. The van der Waals surface area contributed by atoms with Gasteiger partial charge in [0.05, 0.1) is 43.7 Å². The molecule has 1 aliphatic heterocycles. The number of aliphatic hydroxyl groups is 1. The average molecular weight is 593 g/mol. The number of amides is 2. The van der Waals surface area contributed by atoms with E-state index in [0.717, 1.165) is 12.0 Å². The first kappa shape index (κ1) is 31.8. The van der Waals surface area contributed by atoms with Gasteiger partial charge in [0.1, 0.15) is 5.75 Å². The highest BCUT2D eigenvalue weighted by Gasteiger charge is 2.41. The zero-order chi connectivity index (χ0) is 30.7. The van der Waals surface area contributed by atoms with Crippen molar-refractivity contribution in [3.63, 3.8) is 0 Å². The largest absolute Gasteiger partial charge is 0.496 e. The monoisotopic (exact) mass is 592 g/mol. The Balaban J connectivity index is 2.21. The van der Waals surface area contributed by atoms with Gasteiger partial charge >= 0.3 is 24.5 Å². The molecule has 2 aromatic rings. The van der Waals surface area contributed by atoms with E-state index in [0.29, 0.717) is 29.0 Å². The topological polar surface area (TPSA) is 88.5 Å². The molecule has 0 aliphatic carbocycles. The van der Waals surface area contributed by atoms with E-state index in [9.17, 15) is 41.0 Å². The van der Waals surface area contributed by atoms with Crippen molar-refractivity contribution >= 4 is 17.9 Å². The fourth-order valence-corrected chi connectivity index (χ4v) is 4.89. The predicted octanol–water partition coefficient (Wildman–Crippen LogP) is 6.33. The van der Waals surface area contributed by atoms with Gasteiger partial charge in [0, 0.05) is 24.8 Å². The summed E-state index contributed by atoms with van der Waals surface area (Å²) in [6.45, 7) is 2.41. The number of benzene rings is 2. The summed E-state index contributed by atoms with van der Waals surface area (Å²) >= 11 is 0. The number of alkyl halides is 6. The molecule has 8 nitrogen and oxygen atoms in total. The lowest BCUT2D eigenvalue weighted by atomic mass is 9.88. The lowest BCUT2D eigenvalue weighted by Crippen LogP contribution is -2.47. The molecule has 2 atom stereocenters. The van der Waals surface area contributed by atoms with Gasteiger partial charge in [-0.15, -0.1) is 0 Å². The van der Waals surface area contributed by atoms with Crippen LogP contribution in [0.25, 0.3) is 0 Å². The van der Waals surface area contributed by atoms with Crippen LogP contribution in [0.3, 0.4) is 0 Å². The normalized spacial score (nSPS) is 17.1. The Morgan fingerprint density at radius 1 is 1.02 bits per heavy atom. The summed E-state index contributed by atoms with van der Waals surface area (Å²) in [5.41, 5.74) is -2.34. The highest BCUT2D eigenvalue weighted by atomic mass is 19.4. The zero-order valence-corrected chi connectivity index (χ0v) is 22.7. The van der Waals surface area contributed by atoms with Crippen molar-refractivity contribution in [2.45, 2.75) is 57.7 Å². The minimum Gasteiger partial charge on any atom is -0.496 e. The summed E-state index contributed by atoms with van der Waals surface area (Å²) in [5, 5.41) is 9.53. The maximum Gasteiger partial charge on any atom is 0.416 e. The second-order valence-electron chi connectivity index (χ2n) is 9.38. The molecule has 14 heteroatoms. The molecule has 0 fully saturated rings. The minimum atomic E-state index is -5.07. The Kier molecular flexibility index (Phi) is 9.67. The van der Waals surface area contributed by atoms with Crippen LogP contribution in [-0.4, -0.2) is 55.7 Å². The molecule has 0 spiro atoms. The summed E-state index contributed by atoms with van der Waals surface area (Å²) in [6.07, 6.45) is -11.7. The number of hydrogen-bond acceptors (Lipinski definition) is 6. The molecule has 1 aliphatic rings. The number of ether oxygens (including phenoxy) is 3. The van der Waals surface area contributed by atoms with Crippen LogP contribution in [0.4, 0.5) is 41.6 Å². The van der Waals surface area contributed by atoms with E-state index < -0.39 is 59.9 Å². The second-order valence-corrected chi connectivity index (χ2v) is 9.38. The first-order valence-electron chi connectivity index (χ1n) is 12.6. The molecule has 2 aromatic carbocycles. The summed E-state index contributed by atoms with van der Waals surface area (Å²) < 4.78 is 96.6. The SMILES string of the molecule is CCOC(=O)N1c2cc(CCO)c(OC)cc2[C@H](N(Cc2cc(C(F)(F)F)cc(C(F)(F)F)c2)C(=O)OC)C[C@@H]1C. The van der Waals surface area contributed by atoms with Crippen molar-refractivity contribution in [3.05, 3.63) is 58.1 Å². The molecule has 0 saturated carbocycles. The Labute approximate surface area is 232 Å². The summed E-state index contributed by atoms with van der Waals surface area (Å²) in [4.78, 5) is 28.3. The van der Waals surface area contributed by atoms with Gasteiger partial charge < -0.3 is 19.3 Å². The third kappa shape index (κ3) is 6.97. The van der Waals surface area contributed by atoms with Crippen molar-refractivity contribution in [2.75, 3.05) is 32.3 Å². The molecule has 41 heavy (non-hydrogen) atoms. The van der Waals surface area contributed by atoms with Crippen LogP contribution in [-0.2, 0) is 34.8 Å². The Bertz CT molecular complexity index is 1230. The van der Waals surface area contributed by atoms with Gasteiger partial charge in [0.2, 0.25) is 0 Å². The highest BCUT2D eigenvalue weighted by molar-refractivity contribution is 5.91. The summed E-state index contributed by atoms with van der Waals surface area (Å²) in [7, 11) is 2.40. The van der Waals surface area contributed by atoms with Crippen LogP contribution in [0.15, 0.2) is 30.3 Å². The average Bonchev–Trinajstić information content (AvgIpc) is 2.89. The van der Waals surface area contributed by atoms with Crippen molar-refractivity contribution in [2.24, 2.45) is 0 Å². The number of anilines is 1. The molecule has 0 aromatic heterocycles. The van der Waals surface area contributed by atoms with Gasteiger partial charge in [0.15, 0.2) is 0 Å². The van der Waals surface area contributed by atoms with Crippen LogP contribution >= 0.6 is 0 Å². The number of rotatable bonds is 7. The van der Waals surface area contributed by atoms with Crippen LogP contribution < -0.4 is 9.64 Å². The third-order valence-electron chi connectivity index (χ3n) is 6.68. The number of fused-ring (bicyclic) bond motifs is 1. The van der Waals surface area contributed by atoms with Gasteiger partial charge in [-0.3, -0.25) is 9.80 Å². The lowest BCUT2D eigenvalue weighted by Gasteiger charge is -2.43. The van der Waals surface area contributed by atoms with E-state index in [1.807, 2.05) is 0 Å². The number of nitrogens with zero attached hydrogens (tertiary/aromatic N) is 2. The molecular weight excluding hydrogens is 562 g/mol. The van der Waals surface area contributed by atoms with Gasteiger partial charge in [-0.25, -0.2) is 9.59 Å². The van der Waals surface area contributed by atoms with E-state index in [1.165, 1.54) is 18.1 Å². The van der Waals surface area contributed by atoms with E-state index in [2.05, 4.69) is 0 Å². The van der Waals surface area contributed by atoms with Crippen molar-refractivity contribution in [1.29, 1.82) is 0 Å². The first-order valence-corrected chi connectivity index (χ1v) is 12.6.